The van der Waals surface area contributed by atoms with E-state index >= 15 is 0 Å². The van der Waals surface area contributed by atoms with Crippen LogP contribution in [-0.4, -0.2) is 48.4 Å². The van der Waals surface area contributed by atoms with E-state index in [2.05, 4.69) is 29.2 Å². The number of piperazine rings is 1. The maximum atomic E-state index is 12.6. The summed E-state index contributed by atoms with van der Waals surface area (Å²) in [6.07, 6.45) is 1.02. The standard InChI is InChI=1S/C19H21N3O/c20-9-4-10-21-11-13-22(14-12-21)19(23)15-17-7-3-6-16-5-1-2-8-18(16)17/h1-3,5-8H,4,10-15H2. The van der Waals surface area contributed by atoms with E-state index in [1.54, 1.807) is 0 Å². The van der Waals surface area contributed by atoms with Crippen molar-refractivity contribution >= 4 is 16.7 Å². The number of amides is 1. The highest BCUT2D eigenvalue weighted by Gasteiger charge is 2.21. The number of hydrogen-bond donors (Lipinski definition) is 0. The van der Waals surface area contributed by atoms with Gasteiger partial charge in [0.25, 0.3) is 0 Å². The molecule has 0 spiro atoms. The maximum Gasteiger partial charge on any atom is 0.227 e. The number of nitrogens with zero attached hydrogens (tertiary/aromatic N) is 3. The molecule has 118 valence electrons. The van der Waals surface area contributed by atoms with Gasteiger partial charge in [0.1, 0.15) is 0 Å². The zero-order valence-electron chi connectivity index (χ0n) is 13.2. The van der Waals surface area contributed by atoms with E-state index in [1.807, 2.05) is 29.2 Å². The van der Waals surface area contributed by atoms with E-state index in [1.165, 1.54) is 5.39 Å². The second-order valence-corrected chi connectivity index (χ2v) is 5.95. The second kappa shape index (κ2) is 7.26. The molecular formula is C19H21N3O. The summed E-state index contributed by atoms with van der Waals surface area (Å²) < 4.78 is 0. The minimum Gasteiger partial charge on any atom is -0.340 e. The monoisotopic (exact) mass is 307 g/mol. The molecule has 2 aromatic rings. The fraction of sp³-hybridized carbons (Fsp3) is 0.368. The Kier molecular flexibility index (Phi) is 4.89. The molecule has 0 aliphatic carbocycles. The van der Waals surface area contributed by atoms with Gasteiger partial charge in [-0.25, -0.2) is 0 Å². The molecule has 23 heavy (non-hydrogen) atoms. The lowest BCUT2D eigenvalue weighted by molar-refractivity contribution is -0.132. The number of carbonyl (C=O) groups is 1. The Morgan fingerprint density at radius 1 is 1.04 bits per heavy atom. The van der Waals surface area contributed by atoms with Gasteiger partial charge in [0, 0.05) is 39.1 Å². The number of benzene rings is 2. The average Bonchev–Trinajstić information content (AvgIpc) is 2.60. The molecule has 1 fully saturated rings. The molecule has 0 atom stereocenters. The lowest BCUT2D eigenvalue weighted by atomic mass is 10.0. The normalized spacial score (nSPS) is 15.5. The van der Waals surface area contributed by atoms with Gasteiger partial charge in [-0.05, 0) is 16.3 Å². The first-order valence-electron chi connectivity index (χ1n) is 8.11. The molecule has 2 aromatic carbocycles. The predicted octanol–water partition coefficient (Wildman–Crippen LogP) is 2.44. The van der Waals surface area contributed by atoms with Crippen LogP contribution in [0, 0.1) is 11.3 Å². The Labute approximate surface area is 136 Å². The first-order chi connectivity index (χ1) is 11.3. The van der Waals surface area contributed by atoms with E-state index in [-0.39, 0.29) is 5.91 Å². The van der Waals surface area contributed by atoms with Gasteiger partial charge in [0.05, 0.1) is 12.5 Å². The second-order valence-electron chi connectivity index (χ2n) is 5.95. The van der Waals surface area contributed by atoms with Crippen molar-refractivity contribution in [1.82, 2.24) is 9.80 Å². The van der Waals surface area contributed by atoms with Gasteiger partial charge in [-0.1, -0.05) is 42.5 Å². The van der Waals surface area contributed by atoms with Gasteiger partial charge in [0.15, 0.2) is 0 Å². The van der Waals surface area contributed by atoms with Gasteiger partial charge < -0.3 is 4.90 Å². The zero-order chi connectivity index (χ0) is 16.1. The Bertz CT molecular complexity index is 721. The van der Waals surface area contributed by atoms with E-state index < -0.39 is 0 Å². The third-order valence-electron chi connectivity index (χ3n) is 4.49. The number of fused-ring (bicyclic) bond motifs is 1. The summed E-state index contributed by atoms with van der Waals surface area (Å²) >= 11 is 0. The quantitative estimate of drug-likeness (QED) is 0.871. The third-order valence-corrected chi connectivity index (χ3v) is 4.49. The van der Waals surface area contributed by atoms with Crippen molar-refractivity contribution in [3.63, 3.8) is 0 Å². The van der Waals surface area contributed by atoms with Crippen molar-refractivity contribution in [1.29, 1.82) is 5.26 Å². The molecule has 3 rings (SSSR count). The maximum absolute atomic E-state index is 12.6. The van der Waals surface area contributed by atoms with Crippen LogP contribution in [0.2, 0.25) is 0 Å². The van der Waals surface area contributed by atoms with Crippen LogP contribution in [0.25, 0.3) is 10.8 Å². The largest absolute Gasteiger partial charge is 0.340 e. The molecule has 0 bridgehead atoms. The molecule has 0 aromatic heterocycles. The molecule has 0 saturated carbocycles. The minimum atomic E-state index is 0.196. The summed E-state index contributed by atoms with van der Waals surface area (Å²) in [6.45, 7) is 4.05. The molecule has 0 N–H and O–H groups in total. The third kappa shape index (κ3) is 3.69. The Morgan fingerprint density at radius 2 is 1.78 bits per heavy atom. The summed E-state index contributed by atoms with van der Waals surface area (Å²) in [6, 6.07) is 16.5. The van der Waals surface area contributed by atoms with Crippen molar-refractivity contribution in [3.8, 4) is 6.07 Å². The molecule has 1 amide bonds. The summed E-state index contributed by atoms with van der Waals surface area (Å²) in [4.78, 5) is 16.8. The smallest absolute Gasteiger partial charge is 0.227 e. The van der Waals surface area contributed by atoms with Crippen LogP contribution in [-0.2, 0) is 11.2 Å². The Balaban J connectivity index is 1.62. The lowest BCUT2D eigenvalue weighted by Crippen LogP contribution is -2.49. The summed E-state index contributed by atoms with van der Waals surface area (Å²) in [5, 5.41) is 11.0. The van der Waals surface area contributed by atoms with E-state index in [9.17, 15) is 4.79 Å². The summed E-state index contributed by atoms with van der Waals surface area (Å²) in [5.41, 5.74) is 1.10. The molecule has 1 saturated heterocycles. The van der Waals surface area contributed by atoms with Gasteiger partial charge >= 0.3 is 0 Å². The Hall–Kier alpha value is -2.38. The number of rotatable bonds is 4. The number of carbonyl (C=O) groups excluding carboxylic acids is 1. The first-order valence-corrected chi connectivity index (χ1v) is 8.11. The summed E-state index contributed by atoms with van der Waals surface area (Å²) in [5.74, 6) is 0.196. The fourth-order valence-corrected chi connectivity index (χ4v) is 3.15. The Morgan fingerprint density at radius 3 is 2.57 bits per heavy atom. The first kappa shape index (κ1) is 15.5. The summed E-state index contributed by atoms with van der Waals surface area (Å²) in [7, 11) is 0. The molecule has 4 heteroatoms. The highest BCUT2D eigenvalue weighted by molar-refractivity contribution is 5.90. The van der Waals surface area contributed by atoms with E-state index in [0.29, 0.717) is 12.8 Å². The van der Waals surface area contributed by atoms with Crippen LogP contribution < -0.4 is 0 Å². The van der Waals surface area contributed by atoms with Crippen LogP contribution in [0.15, 0.2) is 42.5 Å². The van der Waals surface area contributed by atoms with Crippen molar-refractivity contribution in [2.24, 2.45) is 0 Å². The van der Waals surface area contributed by atoms with Crippen LogP contribution in [0.5, 0.6) is 0 Å². The van der Waals surface area contributed by atoms with Crippen LogP contribution >= 0.6 is 0 Å². The van der Waals surface area contributed by atoms with Gasteiger partial charge in [-0.2, -0.15) is 5.26 Å². The van der Waals surface area contributed by atoms with Crippen LogP contribution in [0.4, 0.5) is 0 Å². The van der Waals surface area contributed by atoms with Crippen molar-refractivity contribution < 1.29 is 4.79 Å². The molecule has 1 aliphatic rings. The van der Waals surface area contributed by atoms with Gasteiger partial charge in [0.2, 0.25) is 5.91 Å². The highest BCUT2D eigenvalue weighted by atomic mass is 16.2. The van der Waals surface area contributed by atoms with Crippen molar-refractivity contribution in [3.05, 3.63) is 48.0 Å². The topological polar surface area (TPSA) is 47.3 Å². The minimum absolute atomic E-state index is 0.196. The van der Waals surface area contributed by atoms with Crippen LogP contribution in [0.1, 0.15) is 12.0 Å². The van der Waals surface area contributed by atoms with E-state index in [0.717, 1.165) is 43.7 Å². The number of hydrogen-bond acceptors (Lipinski definition) is 3. The van der Waals surface area contributed by atoms with Crippen molar-refractivity contribution in [2.45, 2.75) is 12.8 Å². The fourth-order valence-electron chi connectivity index (χ4n) is 3.15. The SMILES string of the molecule is N#CCCN1CCN(C(=O)Cc2cccc3ccccc23)CC1. The molecular weight excluding hydrogens is 286 g/mol. The zero-order valence-corrected chi connectivity index (χ0v) is 13.2. The predicted molar refractivity (Wildman–Crippen MR) is 90.9 cm³/mol. The number of nitriles is 1. The van der Waals surface area contributed by atoms with Gasteiger partial charge in [-0.3, -0.25) is 9.69 Å². The molecule has 0 unspecified atom stereocenters. The molecule has 1 heterocycles. The van der Waals surface area contributed by atoms with Crippen molar-refractivity contribution in [2.75, 3.05) is 32.7 Å². The van der Waals surface area contributed by atoms with Crippen LogP contribution in [0.3, 0.4) is 0 Å². The molecule has 4 nitrogen and oxygen atoms in total. The van der Waals surface area contributed by atoms with E-state index in [4.69, 9.17) is 5.26 Å². The lowest BCUT2D eigenvalue weighted by Gasteiger charge is -2.34. The van der Waals surface area contributed by atoms with Gasteiger partial charge in [-0.15, -0.1) is 0 Å². The molecule has 0 radical (unpaired) electrons. The molecule has 1 aliphatic heterocycles. The average molecular weight is 307 g/mol. The highest BCUT2D eigenvalue weighted by Crippen LogP contribution is 2.19.